The molecule has 0 aliphatic rings. The van der Waals surface area contributed by atoms with Gasteiger partial charge in [-0.1, -0.05) is 35.5 Å². The molecular formula is C19H20N4O3S2. The zero-order chi connectivity index (χ0) is 19.9. The van der Waals surface area contributed by atoms with Gasteiger partial charge < -0.3 is 14.4 Å². The third-order valence-electron chi connectivity index (χ3n) is 3.78. The Kier molecular flexibility index (Phi) is 6.83. The molecule has 0 saturated carbocycles. The molecule has 0 aliphatic carbocycles. The molecular weight excluding hydrogens is 396 g/mol. The van der Waals surface area contributed by atoms with Gasteiger partial charge in [-0.3, -0.25) is 9.59 Å². The van der Waals surface area contributed by atoms with Crippen LogP contribution in [0.4, 0.5) is 5.82 Å². The molecule has 1 N–H and O–H groups in total. The highest BCUT2D eigenvalue weighted by Gasteiger charge is 2.16. The number of nitrogens with zero attached hydrogens (tertiary/aromatic N) is 3. The van der Waals surface area contributed by atoms with Crippen LogP contribution in [0.1, 0.15) is 18.2 Å². The molecule has 28 heavy (non-hydrogen) atoms. The lowest BCUT2D eigenvalue weighted by Gasteiger charge is -2.08. The van der Waals surface area contributed by atoms with Crippen LogP contribution in [-0.4, -0.2) is 32.5 Å². The van der Waals surface area contributed by atoms with E-state index >= 15 is 0 Å². The van der Waals surface area contributed by atoms with Crippen molar-refractivity contribution in [2.45, 2.75) is 25.6 Å². The molecule has 7 nitrogen and oxygen atoms in total. The number of benzene rings is 1. The average molecular weight is 417 g/mol. The largest absolute Gasteiger partial charge is 0.360 e. The first-order valence-corrected chi connectivity index (χ1v) is 10.6. The Morgan fingerprint density at radius 1 is 1.36 bits per heavy atom. The van der Waals surface area contributed by atoms with Crippen LogP contribution in [0, 0.1) is 6.92 Å². The fraction of sp³-hybridized carbons (Fsp3) is 0.263. The molecule has 1 aromatic carbocycles. The van der Waals surface area contributed by atoms with Crippen LogP contribution in [0.2, 0.25) is 0 Å². The highest BCUT2D eigenvalue weighted by atomic mass is 32.2. The van der Waals surface area contributed by atoms with Crippen molar-refractivity contribution in [1.29, 1.82) is 0 Å². The van der Waals surface area contributed by atoms with Crippen LogP contribution in [-0.2, 0) is 16.1 Å². The van der Waals surface area contributed by atoms with E-state index < -0.39 is 5.25 Å². The Bertz CT molecular complexity index is 1010. The Balaban J connectivity index is 1.55. The predicted octanol–water partition coefficient (Wildman–Crippen LogP) is 3.08. The minimum atomic E-state index is -0.420. The van der Waals surface area contributed by atoms with Gasteiger partial charge in [0.05, 0.1) is 11.0 Å². The second-order valence-corrected chi connectivity index (χ2v) is 8.27. The summed E-state index contributed by atoms with van der Waals surface area (Å²) in [6, 6.07) is 11.6. The van der Waals surface area contributed by atoms with E-state index in [2.05, 4.69) is 15.5 Å². The standard InChI is InChI=1S/C19H20N4O3S2/c1-13-10-16(22-26-13)20-18(25)14(2)28-12-17(24)21-19-23(8-9-27-19)11-15-6-4-3-5-7-15/h3-10,14H,11-12H2,1-2H3,(H,20,22,25). The lowest BCUT2D eigenvalue weighted by atomic mass is 10.2. The number of rotatable bonds is 7. The topological polar surface area (TPSA) is 89.5 Å². The number of aryl methyl sites for hydroxylation is 1. The maximum absolute atomic E-state index is 12.3. The summed E-state index contributed by atoms with van der Waals surface area (Å²) >= 11 is 2.64. The van der Waals surface area contributed by atoms with Crippen LogP contribution in [0.5, 0.6) is 0 Å². The molecule has 0 radical (unpaired) electrons. The lowest BCUT2D eigenvalue weighted by molar-refractivity contribution is -0.115. The van der Waals surface area contributed by atoms with E-state index in [9.17, 15) is 9.59 Å². The summed E-state index contributed by atoms with van der Waals surface area (Å²) in [5.74, 6) is 0.596. The fourth-order valence-corrected chi connectivity index (χ4v) is 3.76. The summed E-state index contributed by atoms with van der Waals surface area (Å²) in [7, 11) is 0. The summed E-state index contributed by atoms with van der Waals surface area (Å²) in [4.78, 5) is 29.2. The highest BCUT2D eigenvalue weighted by Crippen LogP contribution is 2.14. The number of carbonyl (C=O) groups is 2. The average Bonchev–Trinajstić information content (AvgIpc) is 3.29. The molecule has 1 atom stereocenters. The number of hydrogen-bond donors (Lipinski definition) is 1. The van der Waals surface area contributed by atoms with Crippen molar-refractivity contribution in [3.63, 3.8) is 0 Å². The van der Waals surface area contributed by atoms with E-state index in [1.807, 2.05) is 46.5 Å². The molecule has 0 saturated heterocycles. The van der Waals surface area contributed by atoms with E-state index in [4.69, 9.17) is 4.52 Å². The number of nitrogens with one attached hydrogen (secondary N) is 1. The summed E-state index contributed by atoms with van der Waals surface area (Å²) in [6.07, 6.45) is 1.91. The molecule has 3 aromatic rings. The number of thiazole rings is 1. The predicted molar refractivity (Wildman–Crippen MR) is 110 cm³/mol. The SMILES string of the molecule is Cc1cc(NC(=O)C(C)SCC(=O)N=c2sccn2Cc2ccccc2)no1. The maximum Gasteiger partial charge on any atom is 0.258 e. The Morgan fingerprint density at radius 2 is 2.14 bits per heavy atom. The van der Waals surface area contributed by atoms with Crippen LogP contribution in [0.3, 0.4) is 0 Å². The zero-order valence-electron chi connectivity index (χ0n) is 15.5. The first-order chi connectivity index (χ1) is 13.5. The molecule has 146 valence electrons. The maximum atomic E-state index is 12.3. The Morgan fingerprint density at radius 3 is 2.86 bits per heavy atom. The van der Waals surface area contributed by atoms with E-state index in [0.29, 0.717) is 22.9 Å². The molecule has 3 rings (SSSR count). The van der Waals surface area contributed by atoms with E-state index in [0.717, 1.165) is 5.56 Å². The fourth-order valence-electron chi connectivity index (χ4n) is 2.35. The van der Waals surface area contributed by atoms with Crippen LogP contribution < -0.4 is 10.1 Å². The first-order valence-electron chi connectivity index (χ1n) is 8.62. The summed E-state index contributed by atoms with van der Waals surface area (Å²) in [5, 5.41) is 7.86. The Labute approximate surface area is 170 Å². The molecule has 2 amide bonds. The number of thioether (sulfide) groups is 1. The van der Waals surface area contributed by atoms with Gasteiger partial charge in [0.1, 0.15) is 5.76 Å². The quantitative estimate of drug-likeness (QED) is 0.639. The monoisotopic (exact) mass is 416 g/mol. The number of amides is 2. The summed E-state index contributed by atoms with van der Waals surface area (Å²) in [5.41, 5.74) is 1.14. The van der Waals surface area contributed by atoms with Gasteiger partial charge in [-0.2, -0.15) is 4.99 Å². The minimum Gasteiger partial charge on any atom is -0.360 e. The number of anilines is 1. The molecule has 0 spiro atoms. The smallest absolute Gasteiger partial charge is 0.258 e. The summed E-state index contributed by atoms with van der Waals surface area (Å²) in [6.45, 7) is 4.14. The molecule has 2 aromatic heterocycles. The second kappa shape index (κ2) is 9.52. The third kappa shape index (κ3) is 5.67. The molecule has 0 fully saturated rings. The third-order valence-corrected chi connectivity index (χ3v) is 5.70. The van der Waals surface area contributed by atoms with Crippen LogP contribution in [0.15, 0.2) is 57.5 Å². The van der Waals surface area contributed by atoms with Crippen molar-refractivity contribution >= 4 is 40.7 Å². The summed E-state index contributed by atoms with van der Waals surface area (Å²) < 4.78 is 6.85. The van der Waals surface area contributed by atoms with Crippen molar-refractivity contribution in [3.05, 3.63) is 64.1 Å². The van der Waals surface area contributed by atoms with Gasteiger partial charge in [-0.15, -0.1) is 23.1 Å². The van der Waals surface area contributed by atoms with Gasteiger partial charge in [0.25, 0.3) is 5.91 Å². The first kappa shape index (κ1) is 20.1. The second-order valence-electron chi connectivity index (χ2n) is 6.07. The number of carbonyl (C=O) groups excluding carboxylic acids is 2. The van der Waals surface area contributed by atoms with Gasteiger partial charge in [0.2, 0.25) is 5.91 Å². The highest BCUT2D eigenvalue weighted by molar-refractivity contribution is 8.01. The number of aromatic nitrogens is 2. The van der Waals surface area contributed by atoms with Crippen molar-refractivity contribution in [2.75, 3.05) is 11.1 Å². The molecule has 0 bridgehead atoms. The van der Waals surface area contributed by atoms with Crippen molar-refractivity contribution in [1.82, 2.24) is 9.72 Å². The molecule has 2 heterocycles. The minimum absolute atomic E-state index is 0.121. The van der Waals surface area contributed by atoms with Crippen molar-refractivity contribution in [2.24, 2.45) is 4.99 Å². The lowest BCUT2D eigenvalue weighted by Crippen LogP contribution is -2.24. The zero-order valence-corrected chi connectivity index (χ0v) is 17.1. The van der Waals surface area contributed by atoms with Crippen molar-refractivity contribution in [3.8, 4) is 0 Å². The van der Waals surface area contributed by atoms with E-state index in [1.165, 1.54) is 23.1 Å². The van der Waals surface area contributed by atoms with E-state index in [1.54, 1.807) is 19.9 Å². The van der Waals surface area contributed by atoms with Gasteiger partial charge >= 0.3 is 0 Å². The molecule has 0 aliphatic heterocycles. The van der Waals surface area contributed by atoms with Gasteiger partial charge in [-0.05, 0) is 19.4 Å². The van der Waals surface area contributed by atoms with Crippen LogP contribution >= 0.6 is 23.1 Å². The molecule has 1 unspecified atom stereocenters. The molecule has 9 heteroatoms. The van der Waals surface area contributed by atoms with Gasteiger partial charge in [0.15, 0.2) is 10.6 Å². The Hall–Kier alpha value is -2.65. The van der Waals surface area contributed by atoms with E-state index in [-0.39, 0.29) is 17.6 Å². The number of hydrogen-bond acceptors (Lipinski definition) is 6. The van der Waals surface area contributed by atoms with Gasteiger partial charge in [0, 0.05) is 24.2 Å². The van der Waals surface area contributed by atoms with Gasteiger partial charge in [-0.25, -0.2) is 0 Å². The van der Waals surface area contributed by atoms with Crippen molar-refractivity contribution < 1.29 is 14.1 Å². The van der Waals surface area contributed by atoms with Crippen LogP contribution in [0.25, 0.3) is 0 Å². The normalized spacial score (nSPS) is 12.7.